The van der Waals surface area contributed by atoms with Crippen LogP contribution in [0.5, 0.6) is 0 Å². The Morgan fingerprint density at radius 2 is 1.52 bits per heavy atom. The van der Waals surface area contributed by atoms with E-state index in [1.807, 2.05) is 60.4 Å². The summed E-state index contributed by atoms with van der Waals surface area (Å²) in [6.45, 7) is 4.13. The van der Waals surface area contributed by atoms with E-state index in [-0.39, 0.29) is 11.8 Å². The second-order valence-electron chi connectivity index (χ2n) is 5.61. The fourth-order valence-electron chi connectivity index (χ4n) is 2.97. The van der Waals surface area contributed by atoms with Crippen molar-refractivity contribution in [3.63, 3.8) is 0 Å². The van der Waals surface area contributed by atoms with E-state index in [9.17, 15) is 4.79 Å². The topological polar surface area (TPSA) is 20.3 Å². The van der Waals surface area contributed by atoms with Gasteiger partial charge in [0.05, 0.1) is 5.70 Å². The van der Waals surface area contributed by atoms with E-state index in [1.54, 1.807) is 0 Å². The van der Waals surface area contributed by atoms with Gasteiger partial charge in [0, 0.05) is 11.6 Å². The minimum absolute atomic E-state index is 0.0256. The highest BCUT2D eigenvalue weighted by molar-refractivity contribution is 6.09. The molecule has 1 aliphatic heterocycles. The van der Waals surface area contributed by atoms with Crippen molar-refractivity contribution >= 4 is 17.3 Å². The Labute approximate surface area is 125 Å². The number of hydrogen-bond donors (Lipinski definition) is 0. The molecule has 1 amide bonds. The summed E-state index contributed by atoms with van der Waals surface area (Å²) in [5.74, 6) is 0.198. The minimum Gasteiger partial charge on any atom is -0.280 e. The first-order valence-electron chi connectivity index (χ1n) is 7.32. The highest BCUT2D eigenvalue weighted by Gasteiger charge is 2.32. The second kappa shape index (κ2) is 5.57. The van der Waals surface area contributed by atoms with E-state index >= 15 is 0 Å². The number of nitrogens with zero attached hydrogens (tertiary/aromatic N) is 1. The van der Waals surface area contributed by atoms with Crippen molar-refractivity contribution in [1.82, 2.24) is 0 Å². The normalized spacial score (nSPS) is 19.0. The molecule has 2 aromatic rings. The van der Waals surface area contributed by atoms with Crippen molar-refractivity contribution in [2.24, 2.45) is 5.92 Å². The van der Waals surface area contributed by atoms with Crippen molar-refractivity contribution in [1.29, 1.82) is 0 Å². The molecule has 0 aliphatic carbocycles. The van der Waals surface area contributed by atoms with Gasteiger partial charge in [-0.3, -0.25) is 9.69 Å². The van der Waals surface area contributed by atoms with Gasteiger partial charge in [0.1, 0.15) is 0 Å². The molecule has 0 N–H and O–H groups in total. The SMILES string of the molecule is CC1=C(c2ccccc2)N(c2ccccc2)C(=O)C(C)C1. The van der Waals surface area contributed by atoms with Gasteiger partial charge >= 0.3 is 0 Å². The van der Waals surface area contributed by atoms with Crippen molar-refractivity contribution in [2.75, 3.05) is 4.90 Å². The summed E-state index contributed by atoms with van der Waals surface area (Å²) in [6, 6.07) is 20.1. The zero-order chi connectivity index (χ0) is 14.8. The van der Waals surface area contributed by atoms with Gasteiger partial charge in [-0.15, -0.1) is 0 Å². The van der Waals surface area contributed by atoms with Crippen LogP contribution in [0.25, 0.3) is 5.70 Å². The van der Waals surface area contributed by atoms with Crippen LogP contribution in [0.2, 0.25) is 0 Å². The van der Waals surface area contributed by atoms with Crippen LogP contribution in [0.4, 0.5) is 5.69 Å². The molecule has 2 nitrogen and oxygen atoms in total. The molecule has 0 spiro atoms. The summed E-state index contributed by atoms with van der Waals surface area (Å²) >= 11 is 0. The molecule has 21 heavy (non-hydrogen) atoms. The number of anilines is 1. The van der Waals surface area contributed by atoms with Crippen LogP contribution in [0.15, 0.2) is 66.2 Å². The van der Waals surface area contributed by atoms with Gasteiger partial charge in [0.25, 0.3) is 0 Å². The molecule has 1 aliphatic rings. The van der Waals surface area contributed by atoms with Crippen LogP contribution in [0, 0.1) is 5.92 Å². The first-order valence-corrected chi connectivity index (χ1v) is 7.32. The zero-order valence-electron chi connectivity index (χ0n) is 12.4. The number of hydrogen-bond acceptors (Lipinski definition) is 1. The third kappa shape index (κ3) is 2.49. The molecular weight excluding hydrogens is 258 g/mol. The Hall–Kier alpha value is -2.35. The minimum atomic E-state index is 0.0256. The van der Waals surface area contributed by atoms with Gasteiger partial charge < -0.3 is 0 Å². The van der Waals surface area contributed by atoms with E-state index in [0.717, 1.165) is 23.4 Å². The first-order chi connectivity index (χ1) is 10.2. The van der Waals surface area contributed by atoms with Gasteiger partial charge in [-0.1, -0.05) is 55.5 Å². The maximum Gasteiger partial charge on any atom is 0.234 e. The maximum atomic E-state index is 12.7. The van der Waals surface area contributed by atoms with Crippen LogP contribution in [0.3, 0.4) is 0 Å². The van der Waals surface area contributed by atoms with Crippen LogP contribution >= 0.6 is 0 Å². The van der Waals surface area contributed by atoms with Crippen LogP contribution in [0.1, 0.15) is 25.8 Å². The summed E-state index contributed by atoms with van der Waals surface area (Å²) in [5, 5.41) is 0. The Morgan fingerprint density at radius 3 is 2.14 bits per heavy atom. The molecule has 0 radical (unpaired) electrons. The van der Waals surface area contributed by atoms with Gasteiger partial charge in [-0.2, -0.15) is 0 Å². The fraction of sp³-hybridized carbons (Fsp3) is 0.211. The molecule has 0 saturated heterocycles. The highest BCUT2D eigenvalue weighted by atomic mass is 16.2. The monoisotopic (exact) mass is 277 g/mol. The lowest BCUT2D eigenvalue weighted by atomic mass is 9.90. The molecule has 0 saturated carbocycles. The maximum absolute atomic E-state index is 12.7. The predicted molar refractivity (Wildman–Crippen MR) is 86.7 cm³/mol. The lowest BCUT2D eigenvalue weighted by Crippen LogP contribution is -2.38. The molecule has 2 aromatic carbocycles. The van der Waals surface area contributed by atoms with Gasteiger partial charge in [0.15, 0.2) is 0 Å². The summed E-state index contributed by atoms with van der Waals surface area (Å²) in [7, 11) is 0. The molecule has 0 bridgehead atoms. The third-order valence-electron chi connectivity index (χ3n) is 3.94. The van der Waals surface area contributed by atoms with E-state index in [1.165, 1.54) is 5.57 Å². The number of benzene rings is 2. The molecule has 0 aromatic heterocycles. The lowest BCUT2D eigenvalue weighted by Gasteiger charge is -2.34. The van der Waals surface area contributed by atoms with Crippen molar-refractivity contribution < 1.29 is 4.79 Å². The molecule has 0 fully saturated rings. The number of carbonyl (C=O) groups excluding carboxylic acids is 1. The fourth-order valence-corrected chi connectivity index (χ4v) is 2.97. The summed E-state index contributed by atoms with van der Waals surface area (Å²) in [4.78, 5) is 14.6. The standard InChI is InChI=1S/C19H19NO/c1-14-13-15(2)19(21)20(17-11-7-4-8-12-17)18(14)16-9-5-3-6-10-16/h3-12,15H,13H2,1-2H3. The number of amides is 1. The van der Waals surface area contributed by atoms with Crippen molar-refractivity contribution in [3.05, 3.63) is 71.8 Å². The van der Waals surface area contributed by atoms with Crippen LogP contribution < -0.4 is 4.90 Å². The summed E-state index contributed by atoms with van der Waals surface area (Å²) in [5.41, 5.74) is 4.33. The number of carbonyl (C=O) groups is 1. The summed E-state index contributed by atoms with van der Waals surface area (Å²) < 4.78 is 0. The molecule has 3 rings (SSSR count). The molecule has 2 heteroatoms. The van der Waals surface area contributed by atoms with Crippen molar-refractivity contribution in [3.8, 4) is 0 Å². The average Bonchev–Trinajstić information content (AvgIpc) is 2.52. The molecule has 1 heterocycles. The molecule has 106 valence electrons. The Balaban J connectivity index is 2.17. The number of rotatable bonds is 2. The number of para-hydroxylation sites is 1. The lowest BCUT2D eigenvalue weighted by molar-refractivity contribution is -0.121. The van der Waals surface area contributed by atoms with E-state index < -0.39 is 0 Å². The third-order valence-corrected chi connectivity index (χ3v) is 3.94. The Bertz CT molecular complexity index is 673. The molecule has 1 unspecified atom stereocenters. The van der Waals surface area contributed by atoms with E-state index in [4.69, 9.17) is 0 Å². The molecule has 1 atom stereocenters. The Kier molecular flexibility index (Phi) is 3.61. The van der Waals surface area contributed by atoms with Gasteiger partial charge in [-0.05, 0) is 36.6 Å². The van der Waals surface area contributed by atoms with E-state index in [2.05, 4.69) is 19.1 Å². The second-order valence-corrected chi connectivity index (χ2v) is 5.61. The predicted octanol–water partition coefficient (Wildman–Crippen LogP) is 4.49. The van der Waals surface area contributed by atoms with Crippen molar-refractivity contribution in [2.45, 2.75) is 20.3 Å². The van der Waals surface area contributed by atoms with Gasteiger partial charge in [0.2, 0.25) is 5.91 Å². The zero-order valence-corrected chi connectivity index (χ0v) is 12.4. The summed E-state index contributed by atoms with van der Waals surface area (Å²) in [6.07, 6.45) is 0.826. The average molecular weight is 277 g/mol. The quantitative estimate of drug-likeness (QED) is 0.792. The van der Waals surface area contributed by atoms with Gasteiger partial charge in [-0.25, -0.2) is 0 Å². The van der Waals surface area contributed by atoms with E-state index in [0.29, 0.717) is 0 Å². The van der Waals surface area contributed by atoms with Crippen LogP contribution in [-0.4, -0.2) is 5.91 Å². The van der Waals surface area contributed by atoms with Crippen LogP contribution in [-0.2, 0) is 4.79 Å². The molecular formula is C19H19NO. The number of allylic oxidation sites excluding steroid dienone is 1. The Morgan fingerprint density at radius 1 is 0.952 bits per heavy atom. The largest absolute Gasteiger partial charge is 0.280 e. The first kappa shape index (κ1) is 13.6. The smallest absolute Gasteiger partial charge is 0.234 e. The highest BCUT2D eigenvalue weighted by Crippen LogP contribution is 2.36.